The summed E-state index contributed by atoms with van der Waals surface area (Å²) in [5, 5.41) is 0. The van der Waals surface area contributed by atoms with Crippen LogP contribution in [0.4, 0.5) is 11.5 Å². The molecule has 1 amide bonds. The predicted octanol–water partition coefficient (Wildman–Crippen LogP) is 3.41. The first-order valence-corrected chi connectivity index (χ1v) is 10.1. The quantitative estimate of drug-likeness (QED) is 0.742. The molecule has 29 heavy (non-hydrogen) atoms. The van der Waals surface area contributed by atoms with Crippen molar-refractivity contribution in [3.05, 3.63) is 47.7 Å². The molecule has 1 aromatic carbocycles. The summed E-state index contributed by atoms with van der Waals surface area (Å²) >= 11 is 0. The Labute approximate surface area is 170 Å². The minimum absolute atomic E-state index is 0.0156. The zero-order valence-electron chi connectivity index (χ0n) is 16.6. The van der Waals surface area contributed by atoms with Gasteiger partial charge in [-0.05, 0) is 56.0 Å². The zero-order valence-corrected chi connectivity index (χ0v) is 16.6. The van der Waals surface area contributed by atoms with Crippen molar-refractivity contribution in [1.82, 2.24) is 9.88 Å². The molecule has 1 saturated heterocycles. The average Bonchev–Trinajstić information content (AvgIpc) is 3.00. The fourth-order valence-electron chi connectivity index (χ4n) is 3.80. The van der Waals surface area contributed by atoms with E-state index >= 15 is 0 Å². The lowest BCUT2D eigenvalue weighted by molar-refractivity contribution is 0.0600. The highest BCUT2D eigenvalue weighted by molar-refractivity contribution is 5.95. The summed E-state index contributed by atoms with van der Waals surface area (Å²) in [5.74, 6) is 0.947. The third-order valence-corrected chi connectivity index (χ3v) is 5.36. The van der Waals surface area contributed by atoms with E-state index in [4.69, 9.17) is 9.47 Å². The number of carbonyl (C=O) groups is 2. The van der Waals surface area contributed by atoms with Gasteiger partial charge in [0.05, 0.1) is 24.8 Å². The van der Waals surface area contributed by atoms with Crippen LogP contribution in [0, 0.1) is 0 Å². The van der Waals surface area contributed by atoms with E-state index in [0.717, 1.165) is 44.6 Å². The maximum absolute atomic E-state index is 12.8. The SMILES string of the molecule is COC(=O)c1ccc(N2CCCOc3cc(C(=O)N4CCCCC4)cnc32)cc1. The summed E-state index contributed by atoms with van der Waals surface area (Å²) in [6.45, 7) is 2.90. The van der Waals surface area contributed by atoms with Crippen LogP contribution >= 0.6 is 0 Å². The maximum atomic E-state index is 12.8. The molecule has 1 fully saturated rings. The number of aromatic nitrogens is 1. The number of esters is 1. The van der Waals surface area contributed by atoms with Gasteiger partial charge in [0.1, 0.15) is 0 Å². The molecule has 0 spiro atoms. The van der Waals surface area contributed by atoms with E-state index < -0.39 is 0 Å². The molecular formula is C22H25N3O4. The Morgan fingerprint density at radius 2 is 1.76 bits per heavy atom. The number of nitrogens with zero attached hydrogens (tertiary/aromatic N) is 3. The highest BCUT2D eigenvalue weighted by Crippen LogP contribution is 2.35. The number of carbonyl (C=O) groups excluding carboxylic acids is 2. The average molecular weight is 395 g/mol. The molecule has 152 valence electrons. The van der Waals surface area contributed by atoms with Gasteiger partial charge >= 0.3 is 5.97 Å². The fourth-order valence-corrected chi connectivity index (χ4v) is 3.80. The van der Waals surface area contributed by atoms with Gasteiger partial charge < -0.3 is 19.3 Å². The Balaban J connectivity index is 1.61. The largest absolute Gasteiger partial charge is 0.490 e. The molecule has 4 rings (SSSR count). The molecule has 2 aromatic rings. The van der Waals surface area contributed by atoms with E-state index in [9.17, 15) is 9.59 Å². The Hall–Kier alpha value is -3.09. The second-order valence-corrected chi connectivity index (χ2v) is 7.29. The lowest BCUT2D eigenvalue weighted by Gasteiger charge is -2.27. The highest BCUT2D eigenvalue weighted by atomic mass is 16.5. The van der Waals surface area contributed by atoms with Gasteiger partial charge in [0.2, 0.25) is 0 Å². The first-order chi connectivity index (χ1) is 14.2. The molecule has 0 N–H and O–H groups in total. The summed E-state index contributed by atoms with van der Waals surface area (Å²) in [4.78, 5) is 33.0. The van der Waals surface area contributed by atoms with Crippen LogP contribution in [0.2, 0.25) is 0 Å². The highest BCUT2D eigenvalue weighted by Gasteiger charge is 2.24. The van der Waals surface area contributed by atoms with Crippen LogP contribution in [-0.2, 0) is 4.74 Å². The number of hydrogen-bond acceptors (Lipinski definition) is 6. The van der Waals surface area contributed by atoms with Gasteiger partial charge in [0, 0.05) is 31.5 Å². The fraction of sp³-hybridized carbons (Fsp3) is 0.409. The Morgan fingerprint density at radius 1 is 1.00 bits per heavy atom. The normalized spacial score (nSPS) is 16.4. The summed E-state index contributed by atoms with van der Waals surface area (Å²) < 4.78 is 10.7. The smallest absolute Gasteiger partial charge is 0.337 e. The number of ether oxygens (including phenoxy) is 2. The van der Waals surface area contributed by atoms with Gasteiger partial charge in [0.25, 0.3) is 5.91 Å². The minimum Gasteiger partial charge on any atom is -0.490 e. The van der Waals surface area contributed by atoms with E-state index in [1.807, 2.05) is 17.0 Å². The van der Waals surface area contributed by atoms with Crippen LogP contribution < -0.4 is 9.64 Å². The van der Waals surface area contributed by atoms with Gasteiger partial charge in [-0.2, -0.15) is 0 Å². The standard InChI is InChI=1S/C22H25N3O4/c1-28-22(27)16-6-8-18(9-7-16)25-12-5-13-29-19-14-17(15-23-20(19)25)21(26)24-10-3-2-4-11-24/h6-9,14-15H,2-5,10-13H2,1H3. The maximum Gasteiger partial charge on any atom is 0.337 e. The minimum atomic E-state index is -0.366. The van der Waals surface area contributed by atoms with E-state index in [2.05, 4.69) is 9.88 Å². The van der Waals surface area contributed by atoms with Crippen molar-refractivity contribution in [2.45, 2.75) is 25.7 Å². The first kappa shape index (κ1) is 19.2. The lowest BCUT2D eigenvalue weighted by atomic mass is 10.1. The molecule has 0 saturated carbocycles. The Kier molecular flexibility index (Phi) is 5.64. The molecule has 2 aliphatic heterocycles. The zero-order chi connectivity index (χ0) is 20.2. The van der Waals surface area contributed by atoms with Crippen LogP contribution in [0.5, 0.6) is 5.75 Å². The van der Waals surface area contributed by atoms with E-state index in [1.54, 1.807) is 24.4 Å². The lowest BCUT2D eigenvalue weighted by Crippen LogP contribution is -2.35. The molecule has 0 atom stereocenters. The molecule has 0 bridgehead atoms. The van der Waals surface area contributed by atoms with Crippen LogP contribution in [0.25, 0.3) is 0 Å². The number of fused-ring (bicyclic) bond motifs is 1. The van der Waals surface area contributed by atoms with Crippen molar-refractivity contribution < 1.29 is 19.1 Å². The van der Waals surface area contributed by atoms with Crippen molar-refractivity contribution in [3.63, 3.8) is 0 Å². The monoisotopic (exact) mass is 395 g/mol. The number of benzene rings is 1. The number of likely N-dealkylation sites (tertiary alicyclic amines) is 1. The second kappa shape index (κ2) is 8.51. The second-order valence-electron chi connectivity index (χ2n) is 7.29. The van der Waals surface area contributed by atoms with E-state index in [1.165, 1.54) is 13.5 Å². The van der Waals surface area contributed by atoms with E-state index in [0.29, 0.717) is 29.3 Å². The van der Waals surface area contributed by atoms with Gasteiger partial charge in [0.15, 0.2) is 11.6 Å². The Bertz CT molecular complexity index is 891. The number of pyridine rings is 1. The van der Waals surface area contributed by atoms with Crippen molar-refractivity contribution in [2.75, 3.05) is 38.3 Å². The topological polar surface area (TPSA) is 72.0 Å². The van der Waals surface area contributed by atoms with Gasteiger partial charge in [-0.25, -0.2) is 9.78 Å². The van der Waals surface area contributed by atoms with Crippen molar-refractivity contribution in [3.8, 4) is 5.75 Å². The molecule has 3 heterocycles. The number of piperidine rings is 1. The van der Waals surface area contributed by atoms with E-state index in [-0.39, 0.29) is 11.9 Å². The summed E-state index contributed by atoms with van der Waals surface area (Å²) in [5.41, 5.74) is 1.97. The van der Waals surface area contributed by atoms with Crippen molar-refractivity contribution in [1.29, 1.82) is 0 Å². The summed E-state index contributed by atoms with van der Waals surface area (Å²) in [6.07, 6.45) is 5.75. The van der Waals surface area contributed by atoms with Crippen LogP contribution in [-0.4, -0.2) is 55.1 Å². The number of hydrogen-bond donors (Lipinski definition) is 0. The predicted molar refractivity (Wildman–Crippen MR) is 109 cm³/mol. The summed E-state index contributed by atoms with van der Waals surface area (Å²) in [7, 11) is 1.37. The number of methoxy groups -OCH3 is 1. The van der Waals surface area contributed by atoms with Crippen LogP contribution in [0.15, 0.2) is 36.5 Å². The van der Waals surface area contributed by atoms with Crippen molar-refractivity contribution in [2.24, 2.45) is 0 Å². The Morgan fingerprint density at radius 3 is 2.48 bits per heavy atom. The number of anilines is 2. The van der Waals surface area contributed by atoms with Crippen LogP contribution in [0.3, 0.4) is 0 Å². The van der Waals surface area contributed by atoms with Gasteiger partial charge in [-0.1, -0.05) is 0 Å². The molecule has 7 heteroatoms. The molecule has 2 aliphatic rings. The van der Waals surface area contributed by atoms with Crippen LogP contribution in [0.1, 0.15) is 46.4 Å². The molecular weight excluding hydrogens is 370 g/mol. The third kappa shape index (κ3) is 4.04. The molecule has 0 aliphatic carbocycles. The van der Waals surface area contributed by atoms with Crippen molar-refractivity contribution >= 4 is 23.4 Å². The number of rotatable bonds is 3. The molecule has 1 aromatic heterocycles. The molecule has 0 unspecified atom stereocenters. The first-order valence-electron chi connectivity index (χ1n) is 10.1. The van der Waals surface area contributed by atoms with Gasteiger partial charge in [-0.3, -0.25) is 4.79 Å². The molecule has 7 nitrogen and oxygen atoms in total. The molecule has 0 radical (unpaired) electrons. The number of amides is 1. The summed E-state index contributed by atoms with van der Waals surface area (Å²) in [6, 6.07) is 9.02. The van der Waals surface area contributed by atoms with Gasteiger partial charge in [-0.15, -0.1) is 0 Å². The third-order valence-electron chi connectivity index (χ3n) is 5.36.